The molecular weight excluding hydrogens is 457 g/mol. The van der Waals surface area contributed by atoms with Gasteiger partial charge in [0.25, 0.3) is 5.56 Å². The van der Waals surface area contributed by atoms with Gasteiger partial charge in [0.15, 0.2) is 0 Å². The van der Waals surface area contributed by atoms with Gasteiger partial charge in [0.1, 0.15) is 5.82 Å². The monoisotopic (exact) mass is 489 g/mol. The molecule has 2 aromatic carbocycles. The third kappa shape index (κ3) is 4.72. The normalized spacial score (nSPS) is 21.1. The summed E-state index contributed by atoms with van der Waals surface area (Å²) in [4.78, 5) is 32.4. The summed E-state index contributed by atoms with van der Waals surface area (Å²) in [6.45, 7) is 1.04. The van der Waals surface area contributed by atoms with Crippen LogP contribution in [-0.4, -0.2) is 44.2 Å². The number of rotatable bonds is 6. The fraction of sp³-hybridized carbons (Fsp3) is 0.414. The maximum atomic E-state index is 14.0. The molecule has 7 heteroatoms. The zero-order valence-electron chi connectivity index (χ0n) is 20.4. The van der Waals surface area contributed by atoms with Crippen LogP contribution < -0.4 is 5.56 Å². The van der Waals surface area contributed by atoms with Gasteiger partial charge in [-0.3, -0.25) is 14.2 Å². The first-order valence-corrected chi connectivity index (χ1v) is 12.7. The summed E-state index contributed by atoms with van der Waals surface area (Å²) in [5, 5.41) is 12.0. The number of piperidine rings is 1. The Balaban J connectivity index is 1.31. The number of hydrogen-bond acceptors (Lipinski definition) is 4. The van der Waals surface area contributed by atoms with Gasteiger partial charge in [-0.25, -0.2) is 9.37 Å². The molecule has 3 aromatic rings. The van der Waals surface area contributed by atoms with Gasteiger partial charge in [0, 0.05) is 36.6 Å². The average molecular weight is 490 g/mol. The minimum absolute atomic E-state index is 0.0161. The van der Waals surface area contributed by atoms with Gasteiger partial charge in [-0.1, -0.05) is 61.4 Å². The molecule has 1 amide bonds. The average Bonchev–Trinajstić information content (AvgIpc) is 3.37. The third-order valence-electron chi connectivity index (χ3n) is 8.14. The molecule has 1 N–H and O–H groups in total. The quantitative estimate of drug-likeness (QED) is 0.563. The Labute approximate surface area is 210 Å². The molecule has 1 saturated heterocycles. The number of amides is 1. The number of aromatic nitrogens is 2. The minimum atomic E-state index is -1.11. The number of likely N-dealkylation sites (tertiary alicyclic amines) is 1. The lowest BCUT2D eigenvalue weighted by atomic mass is 9.65. The molecule has 2 aliphatic rings. The fourth-order valence-electron chi connectivity index (χ4n) is 6.01. The highest BCUT2D eigenvalue weighted by molar-refractivity contribution is 5.76. The van der Waals surface area contributed by atoms with Crippen molar-refractivity contribution in [1.82, 2.24) is 14.5 Å². The Morgan fingerprint density at radius 2 is 1.75 bits per heavy atom. The molecule has 1 spiro atoms. The van der Waals surface area contributed by atoms with Gasteiger partial charge < -0.3 is 10.0 Å². The van der Waals surface area contributed by atoms with Crippen LogP contribution >= 0.6 is 0 Å². The van der Waals surface area contributed by atoms with Crippen LogP contribution in [0.1, 0.15) is 44.1 Å². The number of halogens is 1. The Morgan fingerprint density at radius 3 is 2.47 bits per heavy atom. The van der Waals surface area contributed by atoms with Crippen molar-refractivity contribution in [3.05, 3.63) is 88.7 Å². The molecule has 36 heavy (non-hydrogen) atoms. The lowest BCUT2D eigenvalue weighted by Gasteiger charge is -2.52. The molecule has 1 aliphatic heterocycles. The SMILES string of the molecule is O=C(CCc1ccccc1F)N1CCC(O)(Cn2cnc(-c3ccccc3)cc2=O)C2(CCCC2)C1. The van der Waals surface area contributed by atoms with Gasteiger partial charge in [0.2, 0.25) is 5.91 Å². The van der Waals surface area contributed by atoms with E-state index in [1.807, 2.05) is 35.2 Å². The van der Waals surface area contributed by atoms with Crippen molar-refractivity contribution in [2.24, 2.45) is 5.41 Å². The summed E-state index contributed by atoms with van der Waals surface area (Å²) in [6, 6.07) is 17.6. The highest BCUT2D eigenvalue weighted by atomic mass is 19.1. The largest absolute Gasteiger partial charge is 0.387 e. The molecule has 5 rings (SSSR count). The van der Waals surface area contributed by atoms with Crippen molar-refractivity contribution in [1.29, 1.82) is 0 Å². The zero-order chi connectivity index (χ0) is 25.2. The van der Waals surface area contributed by atoms with E-state index >= 15 is 0 Å². The Morgan fingerprint density at radius 1 is 1.03 bits per heavy atom. The van der Waals surface area contributed by atoms with E-state index in [1.54, 1.807) is 18.2 Å². The number of nitrogens with zero attached hydrogens (tertiary/aromatic N) is 3. The number of benzene rings is 2. The van der Waals surface area contributed by atoms with Crippen molar-refractivity contribution < 1.29 is 14.3 Å². The maximum absolute atomic E-state index is 14.0. The molecule has 1 aliphatic carbocycles. The lowest BCUT2D eigenvalue weighted by molar-refractivity contribution is -0.160. The molecule has 6 nitrogen and oxygen atoms in total. The Kier molecular flexibility index (Phi) is 6.75. The highest BCUT2D eigenvalue weighted by Crippen LogP contribution is 2.51. The topological polar surface area (TPSA) is 75.4 Å². The molecular formula is C29H32FN3O3. The molecule has 188 valence electrons. The molecule has 1 saturated carbocycles. The fourth-order valence-corrected chi connectivity index (χ4v) is 6.01. The molecule has 0 radical (unpaired) electrons. The number of hydrogen-bond donors (Lipinski definition) is 1. The van der Waals surface area contributed by atoms with E-state index in [9.17, 15) is 19.1 Å². The van der Waals surface area contributed by atoms with Crippen molar-refractivity contribution in [3.8, 4) is 11.3 Å². The molecule has 2 heterocycles. The van der Waals surface area contributed by atoms with E-state index in [2.05, 4.69) is 4.98 Å². The van der Waals surface area contributed by atoms with Crippen LogP contribution in [0.4, 0.5) is 4.39 Å². The summed E-state index contributed by atoms with van der Waals surface area (Å²) in [5.74, 6) is -0.305. The van der Waals surface area contributed by atoms with E-state index in [-0.39, 0.29) is 30.2 Å². The summed E-state index contributed by atoms with van der Waals surface area (Å²) in [6.07, 6.45) is 6.10. The third-order valence-corrected chi connectivity index (χ3v) is 8.14. The number of carbonyl (C=O) groups is 1. The summed E-state index contributed by atoms with van der Waals surface area (Å²) >= 11 is 0. The van der Waals surface area contributed by atoms with E-state index in [0.717, 1.165) is 31.2 Å². The van der Waals surface area contributed by atoms with Crippen LogP contribution in [0.3, 0.4) is 0 Å². The molecule has 2 fully saturated rings. The smallest absolute Gasteiger partial charge is 0.253 e. The molecule has 1 aromatic heterocycles. The van der Waals surface area contributed by atoms with Gasteiger partial charge in [-0.15, -0.1) is 0 Å². The number of aryl methyl sites for hydroxylation is 1. The Hall–Kier alpha value is -3.32. The predicted octanol–water partition coefficient (Wildman–Crippen LogP) is 4.21. The van der Waals surface area contributed by atoms with Crippen LogP contribution in [0.15, 0.2) is 71.8 Å². The summed E-state index contributed by atoms with van der Waals surface area (Å²) in [7, 11) is 0. The number of carbonyl (C=O) groups excluding carboxylic acids is 1. The molecule has 0 bridgehead atoms. The first-order valence-electron chi connectivity index (χ1n) is 12.7. The van der Waals surface area contributed by atoms with Gasteiger partial charge in [-0.05, 0) is 37.3 Å². The van der Waals surface area contributed by atoms with Crippen LogP contribution in [0.2, 0.25) is 0 Å². The first kappa shape index (κ1) is 24.4. The standard InChI is InChI=1S/C29H32FN3O3/c30-24-11-5-4-8-22(24)12-13-26(34)32-17-16-29(36,28(19-32)14-6-7-15-28)20-33-21-31-25(18-27(33)35)23-9-2-1-3-10-23/h1-5,8-11,18,21,36H,6-7,12-17,19-20H2. The van der Waals surface area contributed by atoms with E-state index in [4.69, 9.17) is 0 Å². The lowest BCUT2D eigenvalue weighted by Crippen LogP contribution is -2.62. The van der Waals surface area contributed by atoms with Crippen molar-refractivity contribution >= 4 is 5.91 Å². The summed E-state index contributed by atoms with van der Waals surface area (Å²) in [5.41, 5.74) is 0.251. The van der Waals surface area contributed by atoms with Crippen molar-refractivity contribution in [3.63, 3.8) is 0 Å². The van der Waals surface area contributed by atoms with E-state index < -0.39 is 11.0 Å². The first-order chi connectivity index (χ1) is 17.4. The second-order valence-electron chi connectivity index (χ2n) is 10.3. The van der Waals surface area contributed by atoms with Gasteiger partial charge in [0.05, 0.1) is 24.2 Å². The second kappa shape index (κ2) is 9.97. The van der Waals surface area contributed by atoms with Crippen LogP contribution in [0.5, 0.6) is 0 Å². The molecule has 1 atom stereocenters. The Bertz CT molecular complexity index is 1290. The van der Waals surface area contributed by atoms with Crippen molar-refractivity contribution in [2.75, 3.05) is 13.1 Å². The van der Waals surface area contributed by atoms with Gasteiger partial charge in [-0.2, -0.15) is 0 Å². The predicted molar refractivity (Wildman–Crippen MR) is 136 cm³/mol. The van der Waals surface area contributed by atoms with Crippen LogP contribution in [0.25, 0.3) is 11.3 Å². The van der Waals surface area contributed by atoms with Crippen LogP contribution in [-0.2, 0) is 17.8 Å². The summed E-state index contributed by atoms with van der Waals surface area (Å²) < 4.78 is 15.5. The van der Waals surface area contributed by atoms with E-state index in [1.165, 1.54) is 23.0 Å². The highest BCUT2D eigenvalue weighted by Gasteiger charge is 2.55. The van der Waals surface area contributed by atoms with Crippen molar-refractivity contribution in [2.45, 2.75) is 57.1 Å². The van der Waals surface area contributed by atoms with E-state index in [0.29, 0.717) is 37.2 Å². The minimum Gasteiger partial charge on any atom is -0.387 e. The van der Waals surface area contributed by atoms with Crippen LogP contribution in [0, 0.1) is 11.2 Å². The number of aliphatic hydroxyl groups is 1. The maximum Gasteiger partial charge on any atom is 0.253 e. The molecule has 1 unspecified atom stereocenters. The second-order valence-corrected chi connectivity index (χ2v) is 10.3. The zero-order valence-corrected chi connectivity index (χ0v) is 20.4. The van der Waals surface area contributed by atoms with Gasteiger partial charge >= 0.3 is 0 Å².